The average Bonchev–Trinajstić information content (AvgIpc) is 3.34. The van der Waals surface area contributed by atoms with Crippen molar-refractivity contribution in [2.24, 2.45) is 0 Å². The van der Waals surface area contributed by atoms with Crippen molar-refractivity contribution < 1.29 is 13.2 Å². The largest absolute Gasteiger partial charge is 0.348 e. The van der Waals surface area contributed by atoms with E-state index in [1.54, 1.807) is 17.5 Å². The number of benzene rings is 2. The van der Waals surface area contributed by atoms with Gasteiger partial charge in [0.1, 0.15) is 10.3 Å². The Morgan fingerprint density at radius 3 is 2.48 bits per heavy atom. The maximum Gasteiger partial charge on any atom is 0.253 e. The Balaban J connectivity index is 1.48. The number of carbonyl (C=O) groups is 1. The summed E-state index contributed by atoms with van der Waals surface area (Å²) in [4.78, 5) is 13.5. The smallest absolute Gasteiger partial charge is 0.253 e. The number of carbonyl (C=O) groups excluding carboxylic acids is 1. The van der Waals surface area contributed by atoms with Crippen LogP contribution in [0.4, 0.5) is 0 Å². The lowest BCUT2D eigenvalue weighted by atomic mass is 9.87. The van der Waals surface area contributed by atoms with Crippen molar-refractivity contribution in [1.29, 1.82) is 0 Å². The van der Waals surface area contributed by atoms with E-state index in [0.717, 1.165) is 36.0 Å². The monoisotopic (exact) mass is 452 g/mol. The van der Waals surface area contributed by atoms with Gasteiger partial charge in [0.05, 0.1) is 6.04 Å². The van der Waals surface area contributed by atoms with Crippen LogP contribution in [0, 0.1) is 0 Å². The third kappa shape index (κ3) is 3.82. The summed E-state index contributed by atoms with van der Waals surface area (Å²) in [6.07, 6.45) is 3.26. The molecule has 0 saturated heterocycles. The molecule has 3 aromatic rings. The first kappa shape index (κ1) is 20.4. The van der Waals surface area contributed by atoms with E-state index in [1.165, 1.54) is 21.2 Å². The van der Waals surface area contributed by atoms with Crippen molar-refractivity contribution in [2.45, 2.75) is 48.5 Å². The zero-order valence-electron chi connectivity index (χ0n) is 17.0. The molecule has 1 amide bonds. The molecule has 2 aromatic carbocycles. The van der Waals surface area contributed by atoms with Crippen molar-refractivity contribution in [3.63, 3.8) is 0 Å². The van der Waals surface area contributed by atoms with Crippen LogP contribution in [0.3, 0.4) is 0 Å². The first-order valence-electron chi connectivity index (χ1n) is 10.5. The fourth-order valence-electron chi connectivity index (χ4n) is 4.67. The highest BCUT2D eigenvalue weighted by Gasteiger charge is 2.40. The van der Waals surface area contributed by atoms with Crippen LogP contribution in [0.5, 0.6) is 0 Å². The van der Waals surface area contributed by atoms with Crippen molar-refractivity contribution >= 4 is 27.3 Å². The number of fused-ring (bicyclic) bond motifs is 2. The van der Waals surface area contributed by atoms with E-state index in [2.05, 4.69) is 17.4 Å². The second-order valence-corrected chi connectivity index (χ2v) is 11.2. The summed E-state index contributed by atoms with van der Waals surface area (Å²) in [7, 11) is -3.77. The van der Waals surface area contributed by atoms with Gasteiger partial charge < -0.3 is 5.32 Å². The molecular formula is C24H24N2O3S2. The lowest BCUT2D eigenvalue weighted by molar-refractivity contribution is -0.126. The Morgan fingerprint density at radius 2 is 1.71 bits per heavy atom. The van der Waals surface area contributed by atoms with Gasteiger partial charge in [0.2, 0.25) is 5.91 Å². The standard InChI is InChI=1S/C24H24N2O3S2/c27-24(25-21-12-5-10-17-7-3-4-11-20(17)21)22-15-18-8-1-2-9-19(18)16-26(22)31(28,29)23-13-6-14-30-23/h1-4,6-9,11,13-14,21-22H,5,10,12,15-16H2,(H,25,27). The topological polar surface area (TPSA) is 66.5 Å². The van der Waals surface area contributed by atoms with Gasteiger partial charge in [-0.15, -0.1) is 11.3 Å². The van der Waals surface area contributed by atoms with Crippen LogP contribution in [-0.4, -0.2) is 24.7 Å². The molecule has 0 bridgehead atoms. The lowest BCUT2D eigenvalue weighted by Gasteiger charge is -2.36. The molecule has 2 aliphatic rings. The molecule has 5 rings (SSSR count). The van der Waals surface area contributed by atoms with Gasteiger partial charge in [-0.1, -0.05) is 54.6 Å². The zero-order valence-corrected chi connectivity index (χ0v) is 18.7. The summed E-state index contributed by atoms with van der Waals surface area (Å²) in [6.45, 7) is 0.204. The number of hydrogen-bond acceptors (Lipinski definition) is 4. The summed E-state index contributed by atoms with van der Waals surface area (Å²) in [5.41, 5.74) is 4.39. The van der Waals surface area contributed by atoms with E-state index < -0.39 is 16.1 Å². The first-order chi connectivity index (χ1) is 15.0. The number of nitrogens with one attached hydrogen (secondary N) is 1. The average molecular weight is 453 g/mol. The van der Waals surface area contributed by atoms with Crippen LogP contribution < -0.4 is 5.32 Å². The number of sulfonamides is 1. The molecule has 2 heterocycles. The molecule has 160 valence electrons. The highest BCUT2D eigenvalue weighted by atomic mass is 32.2. The number of aryl methyl sites for hydroxylation is 1. The van der Waals surface area contributed by atoms with E-state index in [1.807, 2.05) is 36.4 Å². The molecule has 0 saturated carbocycles. The van der Waals surface area contributed by atoms with Gasteiger partial charge in [-0.25, -0.2) is 8.42 Å². The number of hydrogen-bond donors (Lipinski definition) is 1. The minimum absolute atomic E-state index is 0.0825. The quantitative estimate of drug-likeness (QED) is 0.649. The first-order valence-corrected chi connectivity index (χ1v) is 12.9. The summed E-state index contributed by atoms with van der Waals surface area (Å²) < 4.78 is 28.5. The number of amides is 1. The van der Waals surface area contributed by atoms with Crippen LogP contribution in [0.1, 0.15) is 41.1 Å². The molecule has 1 aliphatic heterocycles. The van der Waals surface area contributed by atoms with E-state index >= 15 is 0 Å². The molecule has 5 nitrogen and oxygen atoms in total. The number of thiophene rings is 1. The predicted octanol–water partition coefficient (Wildman–Crippen LogP) is 4.06. The zero-order chi connectivity index (χ0) is 21.4. The molecule has 2 atom stereocenters. The number of nitrogens with zero attached hydrogens (tertiary/aromatic N) is 1. The second-order valence-electron chi connectivity index (χ2n) is 8.12. The summed E-state index contributed by atoms with van der Waals surface area (Å²) in [5, 5.41) is 4.93. The molecular weight excluding hydrogens is 428 g/mol. The number of rotatable bonds is 4. The minimum Gasteiger partial charge on any atom is -0.348 e. The normalized spacial score (nSPS) is 21.2. The molecule has 7 heteroatoms. The minimum atomic E-state index is -3.77. The van der Waals surface area contributed by atoms with Gasteiger partial charge in [0.25, 0.3) is 10.0 Å². The van der Waals surface area contributed by atoms with E-state index in [-0.39, 0.29) is 22.7 Å². The maximum absolute atomic E-state index is 13.5. The molecule has 0 radical (unpaired) electrons. The summed E-state index contributed by atoms with van der Waals surface area (Å²) in [5.74, 6) is -0.226. The molecule has 0 spiro atoms. The fourth-order valence-corrected chi connectivity index (χ4v) is 7.36. The Hall–Kier alpha value is -2.48. The third-order valence-corrected chi connectivity index (χ3v) is 9.48. The summed E-state index contributed by atoms with van der Waals surface area (Å²) >= 11 is 1.18. The van der Waals surface area contributed by atoms with Crippen molar-refractivity contribution in [3.05, 3.63) is 88.3 Å². The maximum atomic E-state index is 13.5. The Bertz CT molecular complexity index is 1210. The lowest BCUT2D eigenvalue weighted by Crippen LogP contribution is -2.53. The van der Waals surface area contributed by atoms with Gasteiger partial charge in [-0.05, 0) is 59.4 Å². The highest BCUT2D eigenvalue weighted by molar-refractivity contribution is 7.91. The highest BCUT2D eigenvalue weighted by Crippen LogP contribution is 2.33. The van der Waals surface area contributed by atoms with Gasteiger partial charge in [-0.2, -0.15) is 4.31 Å². The SMILES string of the molecule is O=C(NC1CCCc2ccccc21)C1Cc2ccccc2CN1S(=O)(=O)c1cccs1. The van der Waals surface area contributed by atoms with Gasteiger partial charge in [0.15, 0.2) is 0 Å². The molecule has 31 heavy (non-hydrogen) atoms. The van der Waals surface area contributed by atoms with Gasteiger partial charge in [0, 0.05) is 6.54 Å². The molecule has 1 N–H and O–H groups in total. The van der Waals surface area contributed by atoms with Crippen LogP contribution in [0.2, 0.25) is 0 Å². The predicted molar refractivity (Wildman–Crippen MR) is 121 cm³/mol. The van der Waals surface area contributed by atoms with Gasteiger partial charge >= 0.3 is 0 Å². The van der Waals surface area contributed by atoms with Crippen LogP contribution in [0.15, 0.2) is 70.3 Å². The van der Waals surface area contributed by atoms with E-state index in [0.29, 0.717) is 6.42 Å². The molecule has 2 unspecified atom stereocenters. The molecule has 0 fully saturated rings. The Kier molecular flexibility index (Phi) is 5.42. The van der Waals surface area contributed by atoms with Crippen LogP contribution >= 0.6 is 11.3 Å². The Morgan fingerprint density at radius 1 is 0.968 bits per heavy atom. The van der Waals surface area contributed by atoms with Crippen molar-refractivity contribution in [2.75, 3.05) is 0 Å². The Labute approximate surface area is 186 Å². The van der Waals surface area contributed by atoms with Crippen LogP contribution in [-0.2, 0) is 34.2 Å². The van der Waals surface area contributed by atoms with Crippen molar-refractivity contribution in [1.82, 2.24) is 9.62 Å². The van der Waals surface area contributed by atoms with Gasteiger partial charge in [-0.3, -0.25) is 4.79 Å². The van der Waals surface area contributed by atoms with E-state index in [4.69, 9.17) is 0 Å². The second kappa shape index (κ2) is 8.22. The van der Waals surface area contributed by atoms with Crippen LogP contribution in [0.25, 0.3) is 0 Å². The molecule has 1 aromatic heterocycles. The van der Waals surface area contributed by atoms with Crippen molar-refractivity contribution in [3.8, 4) is 0 Å². The third-order valence-electron chi connectivity index (χ3n) is 6.25. The molecule has 1 aliphatic carbocycles. The summed E-state index contributed by atoms with van der Waals surface area (Å²) in [6, 6.07) is 18.5. The fraction of sp³-hybridized carbons (Fsp3) is 0.292. The van der Waals surface area contributed by atoms with E-state index in [9.17, 15) is 13.2 Å².